The van der Waals surface area contributed by atoms with E-state index < -0.39 is 0 Å². The van der Waals surface area contributed by atoms with Gasteiger partial charge in [0.15, 0.2) is 5.69 Å². The Kier molecular flexibility index (Phi) is 4.94. The largest absolute Gasteiger partial charge is 0.505 e. The highest BCUT2D eigenvalue weighted by molar-refractivity contribution is 5.94. The molecule has 0 fully saturated rings. The average molecular weight is 236 g/mol. The van der Waals surface area contributed by atoms with Crippen LogP contribution in [-0.2, 0) is 0 Å². The van der Waals surface area contributed by atoms with Crippen LogP contribution < -0.4 is 5.32 Å². The quantitative estimate of drug-likeness (QED) is 0.824. The first-order chi connectivity index (χ1) is 8.04. The fourth-order valence-electron chi connectivity index (χ4n) is 1.69. The molecule has 0 radical (unpaired) electrons. The lowest BCUT2D eigenvalue weighted by molar-refractivity contribution is 0.0927. The molecular weight excluding hydrogens is 216 g/mol. The van der Waals surface area contributed by atoms with E-state index in [4.69, 9.17) is 0 Å². The SMILES string of the molecule is CCC(C)CC(C)NC(=O)c1ncccc1O. The van der Waals surface area contributed by atoms with Crippen molar-refractivity contribution in [2.75, 3.05) is 0 Å². The van der Waals surface area contributed by atoms with E-state index in [2.05, 4.69) is 24.1 Å². The summed E-state index contributed by atoms with van der Waals surface area (Å²) >= 11 is 0. The first-order valence-electron chi connectivity index (χ1n) is 5.99. The van der Waals surface area contributed by atoms with Crippen LogP contribution in [0.5, 0.6) is 5.75 Å². The maximum absolute atomic E-state index is 11.8. The Hall–Kier alpha value is -1.58. The minimum absolute atomic E-state index is 0.0823. The Bertz CT molecular complexity index is 379. The number of amides is 1. The van der Waals surface area contributed by atoms with Crippen LogP contribution >= 0.6 is 0 Å². The van der Waals surface area contributed by atoms with Crippen molar-refractivity contribution in [1.29, 1.82) is 0 Å². The van der Waals surface area contributed by atoms with E-state index in [9.17, 15) is 9.90 Å². The predicted octanol–water partition coefficient (Wildman–Crippen LogP) is 2.34. The number of hydrogen-bond acceptors (Lipinski definition) is 3. The third-order valence-electron chi connectivity index (χ3n) is 2.83. The molecular formula is C13H20N2O2. The Labute approximate surface area is 102 Å². The lowest BCUT2D eigenvalue weighted by Crippen LogP contribution is -2.34. The molecule has 0 aliphatic heterocycles. The van der Waals surface area contributed by atoms with Gasteiger partial charge in [-0.2, -0.15) is 0 Å². The summed E-state index contributed by atoms with van der Waals surface area (Å²) in [7, 11) is 0. The van der Waals surface area contributed by atoms with Gasteiger partial charge in [-0.3, -0.25) is 4.79 Å². The van der Waals surface area contributed by atoms with Crippen molar-refractivity contribution in [2.24, 2.45) is 5.92 Å². The Balaban J connectivity index is 2.58. The van der Waals surface area contributed by atoms with Gasteiger partial charge in [-0.25, -0.2) is 4.98 Å². The lowest BCUT2D eigenvalue weighted by Gasteiger charge is -2.17. The van der Waals surface area contributed by atoms with Gasteiger partial charge in [-0.05, 0) is 31.4 Å². The first-order valence-corrected chi connectivity index (χ1v) is 5.99. The van der Waals surface area contributed by atoms with Gasteiger partial charge < -0.3 is 10.4 Å². The highest BCUT2D eigenvalue weighted by Crippen LogP contribution is 2.14. The highest BCUT2D eigenvalue weighted by Gasteiger charge is 2.15. The van der Waals surface area contributed by atoms with E-state index in [-0.39, 0.29) is 23.4 Å². The van der Waals surface area contributed by atoms with Gasteiger partial charge in [0, 0.05) is 12.2 Å². The molecule has 0 aliphatic rings. The molecule has 1 aromatic heterocycles. The monoisotopic (exact) mass is 236 g/mol. The van der Waals surface area contributed by atoms with Gasteiger partial charge in [0.05, 0.1) is 0 Å². The number of aromatic nitrogens is 1. The van der Waals surface area contributed by atoms with Gasteiger partial charge in [-0.15, -0.1) is 0 Å². The molecule has 17 heavy (non-hydrogen) atoms. The van der Waals surface area contributed by atoms with Gasteiger partial charge in [0.1, 0.15) is 5.75 Å². The zero-order chi connectivity index (χ0) is 12.8. The van der Waals surface area contributed by atoms with E-state index in [1.165, 1.54) is 12.3 Å². The van der Waals surface area contributed by atoms with E-state index in [0.29, 0.717) is 5.92 Å². The van der Waals surface area contributed by atoms with Crippen LogP contribution in [-0.4, -0.2) is 22.0 Å². The fraction of sp³-hybridized carbons (Fsp3) is 0.538. The Morgan fingerprint density at radius 1 is 1.53 bits per heavy atom. The van der Waals surface area contributed by atoms with Crippen LogP contribution in [0.3, 0.4) is 0 Å². The standard InChI is InChI=1S/C13H20N2O2/c1-4-9(2)8-10(3)15-13(17)12-11(16)6-5-7-14-12/h5-7,9-10,16H,4,8H2,1-3H3,(H,15,17). The number of rotatable bonds is 5. The van der Waals surface area contributed by atoms with E-state index >= 15 is 0 Å². The molecule has 1 amide bonds. The van der Waals surface area contributed by atoms with Crippen LogP contribution in [0.4, 0.5) is 0 Å². The number of aromatic hydroxyl groups is 1. The summed E-state index contributed by atoms with van der Waals surface area (Å²) in [4.78, 5) is 15.7. The second kappa shape index (κ2) is 6.23. The zero-order valence-corrected chi connectivity index (χ0v) is 10.6. The van der Waals surface area contributed by atoms with Crippen molar-refractivity contribution in [3.63, 3.8) is 0 Å². The smallest absolute Gasteiger partial charge is 0.273 e. The van der Waals surface area contributed by atoms with E-state index in [1.807, 2.05) is 6.92 Å². The number of pyridine rings is 1. The molecule has 2 N–H and O–H groups in total. The number of carbonyl (C=O) groups is 1. The molecule has 0 saturated heterocycles. The van der Waals surface area contributed by atoms with Crippen molar-refractivity contribution in [3.05, 3.63) is 24.0 Å². The maximum atomic E-state index is 11.8. The number of nitrogens with zero attached hydrogens (tertiary/aromatic N) is 1. The van der Waals surface area contributed by atoms with E-state index in [1.54, 1.807) is 6.07 Å². The number of nitrogens with one attached hydrogen (secondary N) is 1. The summed E-state index contributed by atoms with van der Waals surface area (Å²) in [6.07, 6.45) is 3.51. The summed E-state index contributed by atoms with van der Waals surface area (Å²) in [5.74, 6) is 0.169. The van der Waals surface area contributed by atoms with Crippen molar-refractivity contribution < 1.29 is 9.90 Å². The Morgan fingerprint density at radius 2 is 2.24 bits per heavy atom. The van der Waals surface area contributed by atoms with Crippen molar-refractivity contribution >= 4 is 5.91 Å². The average Bonchev–Trinajstić information content (AvgIpc) is 2.29. The molecule has 1 heterocycles. The van der Waals surface area contributed by atoms with Gasteiger partial charge in [-0.1, -0.05) is 20.3 Å². The van der Waals surface area contributed by atoms with E-state index in [0.717, 1.165) is 12.8 Å². The van der Waals surface area contributed by atoms with Crippen LogP contribution in [0, 0.1) is 5.92 Å². The summed E-state index contributed by atoms with van der Waals surface area (Å²) in [6.45, 7) is 6.24. The molecule has 1 aromatic rings. The third kappa shape index (κ3) is 4.06. The lowest BCUT2D eigenvalue weighted by atomic mass is 10.0. The molecule has 4 heteroatoms. The fourth-order valence-corrected chi connectivity index (χ4v) is 1.69. The normalized spacial score (nSPS) is 14.1. The summed E-state index contributed by atoms with van der Waals surface area (Å²) in [5, 5.41) is 12.3. The molecule has 1 rings (SSSR count). The molecule has 2 atom stereocenters. The summed E-state index contributed by atoms with van der Waals surface area (Å²) < 4.78 is 0. The predicted molar refractivity (Wildman–Crippen MR) is 66.9 cm³/mol. The zero-order valence-electron chi connectivity index (χ0n) is 10.6. The van der Waals surface area contributed by atoms with Crippen molar-refractivity contribution in [1.82, 2.24) is 10.3 Å². The molecule has 4 nitrogen and oxygen atoms in total. The molecule has 0 aliphatic carbocycles. The second-order valence-corrected chi connectivity index (χ2v) is 4.49. The molecule has 0 spiro atoms. The second-order valence-electron chi connectivity index (χ2n) is 4.49. The van der Waals surface area contributed by atoms with Crippen LogP contribution in [0.15, 0.2) is 18.3 Å². The number of hydrogen-bond donors (Lipinski definition) is 2. The molecule has 0 saturated carbocycles. The minimum atomic E-state index is -0.320. The van der Waals surface area contributed by atoms with Crippen molar-refractivity contribution in [3.8, 4) is 5.75 Å². The third-order valence-corrected chi connectivity index (χ3v) is 2.83. The molecule has 0 aromatic carbocycles. The summed E-state index contributed by atoms with van der Waals surface area (Å²) in [6, 6.07) is 3.13. The van der Waals surface area contributed by atoms with Gasteiger partial charge in [0.25, 0.3) is 5.91 Å². The van der Waals surface area contributed by atoms with Crippen LogP contribution in [0.25, 0.3) is 0 Å². The number of carbonyl (C=O) groups excluding carboxylic acids is 1. The molecule has 2 unspecified atom stereocenters. The Morgan fingerprint density at radius 3 is 2.82 bits per heavy atom. The summed E-state index contributed by atoms with van der Waals surface area (Å²) in [5.41, 5.74) is 0.0866. The maximum Gasteiger partial charge on any atom is 0.273 e. The highest BCUT2D eigenvalue weighted by atomic mass is 16.3. The van der Waals surface area contributed by atoms with Crippen LogP contribution in [0.1, 0.15) is 44.1 Å². The van der Waals surface area contributed by atoms with Crippen molar-refractivity contribution in [2.45, 2.75) is 39.7 Å². The first kappa shape index (κ1) is 13.5. The van der Waals surface area contributed by atoms with Gasteiger partial charge in [0.2, 0.25) is 0 Å². The topological polar surface area (TPSA) is 62.2 Å². The minimum Gasteiger partial charge on any atom is -0.505 e. The van der Waals surface area contributed by atoms with Gasteiger partial charge >= 0.3 is 0 Å². The molecule has 0 bridgehead atoms. The van der Waals surface area contributed by atoms with Crippen LogP contribution in [0.2, 0.25) is 0 Å². The molecule has 94 valence electrons.